The molecule has 0 aliphatic heterocycles. The van der Waals surface area contributed by atoms with Crippen LogP contribution in [-0.2, 0) is 9.53 Å². The van der Waals surface area contributed by atoms with Crippen LogP contribution in [0.15, 0.2) is 29.2 Å². The van der Waals surface area contributed by atoms with E-state index >= 15 is 0 Å². The van der Waals surface area contributed by atoms with Crippen molar-refractivity contribution in [3.05, 3.63) is 29.8 Å². The highest BCUT2D eigenvalue weighted by Crippen LogP contribution is 2.37. The first kappa shape index (κ1) is 14.8. The van der Waals surface area contributed by atoms with Gasteiger partial charge < -0.3 is 10.1 Å². The fourth-order valence-electron chi connectivity index (χ4n) is 1.40. The lowest BCUT2D eigenvalue weighted by atomic mass is 10.1. The summed E-state index contributed by atoms with van der Waals surface area (Å²) >= 11 is -0.194. The van der Waals surface area contributed by atoms with Crippen molar-refractivity contribution < 1.29 is 22.7 Å². The van der Waals surface area contributed by atoms with Gasteiger partial charge in [-0.05, 0) is 36.5 Å². The minimum Gasteiger partial charge on any atom is -0.468 e. The van der Waals surface area contributed by atoms with Gasteiger partial charge in [0.15, 0.2) is 0 Å². The number of benzene rings is 1. The average molecular weight is 279 g/mol. The molecule has 1 aromatic carbocycles. The molecular weight excluding hydrogens is 267 g/mol. The SMILES string of the molecule is CNC(C(=O)OC)c1ccc(SC(F)(F)F)cc1. The van der Waals surface area contributed by atoms with Crippen LogP contribution in [0.1, 0.15) is 11.6 Å². The number of alkyl halides is 3. The molecule has 0 aromatic heterocycles. The molecule has 3 nitrogen and oxygen atoms in total. The van der Waals surface area contributed by atoms with Gasteiger partial charge in [-0.3, -0.25) is 0 Å². The fraction of sp³-hybridized carbons (Fsp3) is 0.364. The summed E-state index contributed by atoms with van der Waals surface area (Å²) < 4.78 is 41.0. The number of carbonyl (C=O) groups is 1. The van der Waals surface area contributed by atoms with E-state index in [2.05, 4.69) is 10.1 Å². The van der Waals surface area contributed by atoms with Crippen molar-refractivity contribution in [1.82, 2.24) is 5.32 Å². The smallest absolute Gasteiger partial charge is 0.446 e. The summed E-state index contributed by atoms with van der Waals surface area (Å²) in [6, 6.07) is 4.89. The van der Waals surface area contributed by atoms with Crippen molar-refractivity contribution in [3.8, 4) is 0 Å². The third kappa shape index (κ3) is 4.23. The van der Waals surface area contributed by atoms with Crippen molar-refractivity contribution in [2.75, 3.05) is 14.2 Å². The van der Waals surface area contributed by atoms with Crippen LogP contribution in [0, 0.1) is 0 Å². The summed E-state index contributed by atoms with van der Waals surface area (Å²) in [7, 11) is 2.82. The van der Waals surface area contributed by atoms with Crippen LogP contribution in [0.3, 0.4) is 0 Å². The van der Waals surface area contributed by atoms with E-state index in [0.29, 0.717) is 5.56 Å². The van der Waals surface area contributed by atoms with E-state index in [1.807, 2.05) is 0 Å². The highest BCUT2D eigenvalue weighted by molar-refractivity contribution is 8.00. The summed E-state index contributed by atoms with van der Waals surface area (Å²) in [4.78, 5) is 11.5. The summed E-state index contributed by atoms with van der Waals surface area (Å²) in [6.07, 6.45) is 0. The lowest BCUT2D eigenvalue weighted by molar-refractivity contribution is -0.143. The number of rotatable bonds is 4. The Balaban J connectivity index is 2.84. The van der Waals surface area contributed by atoms with Crippen molar-refractivity contribution in [3.63, 3.8) is 0 Å². The zero-order valence-electron chi connectivity index (χ0n) is 9.75. The molecule has 0 aliphatic carbocycles. The summed E-state index contributed by atoms with van der Waals surface area (Å²) in [5, 5.41) is 2.73. The highest BCUT2D eigenvalue weighted by atomic mass is 32.2. The zero-order chi connectivity index (χ0) is 13.8. The van der Waals surface area contributed by atoms with Crippen LogP contribution < -0.4 is 5.32 Å². The number of halogens is 3. The van der Waals surface area contributed by atoms with Gasteiger partial charge in [-0.1, -0.05) is 12.1 Å². The maximum absolute atomic E-state index is 12.1. The number of thioether (sulfide) groups is 1. The third-order valence-electron chi connectivity index (χ3n) is 2.17. The Kier molecular flexibility index (Phi) is 5.03. The van der Waals surface area contributed by atoms with Gasteiger partial charge in [-0.2, -0.15) is 13.2 Å². The van der Waals surface area contributed by atoms with E-state index in [4.69, 9.17) is 0 Å². The summed E-state index contributed by atoms with van der Waals surface area (Å²) in [5.41, 5.74) is -3.76. The second kappa shape index (κ2) is 6.10. The maximum atomic E-state index is 12.1. The molecule has 0 saturated heterocycles. The van der Waals surface area contributed by atoms with Gasteiger partial charge in [0.2, 0.25) is 0 Å². The Labute approximate surface area is 107 Å². The maximum Gasteiger partial charge on any atom is 0.446 e. The number of esters is 1. The van der Waals surface area contributed by atoms with Gasteiger partial charge in [-0.25, -0.2) is 4.79 Å². The van der Waals surface area contributed by atoms with Crippen LogP contribution in [0.4, 0.5) is 13.2 Å². The first-order chi connectivity index (χ1) is 8.37. The van der Waals surface area contributed by atoms with E-state index in [-0.39, 0.29) is 16.7 Å². The standard InChI is InChI=1S/C11H12F3NO2S/c1-15-9(10(16)17-2)7-3-5-8(6-4-7)18-11(12,13)14/h3-6,9,15H,1-2H3. The molecule has 1 aromatic rings. The van der Waals surface area contributed by atoms with Gasteiger partial charge in [0.05, 0.1) is 7.11 Å². The molecule has 0 amide bonds. The number of nitrogens with one attached hydrogen (secondary N) is 1. The monoisotopic (exact) mass is 279 g/mol. The Morgan fingerprint density at radius 1 is 1.33 bits per heavy atom. The van der Waals surface area contributed by atoms with Crippen molar-refractivity contribution in [2.45, 2.75) is 16.4 Å². The molecule has 0 radical (unpaired) electrons. The molecule has 0 spiro atoms. The highest BCUT2D eigenvalue weighted by Gasteiger charge is 2.29. The fourth-order valence-corrected chi connectivity index (χ4v) is 1.94. The van der Waals surface area contributed by atoms with Gasteiger partial charge in [-0.15, -0.1) is 0 Å². The second-order valence-corrected chi connectivity index (χ2v) is 4.50. The van der Waals surface area contributed by atoms with Crippen molar-refractivity contribution in [2.24, 2.45) is 0 Å². The Morgan fingerprint density at radius 2 is 1.89 bits per heavy atom. The molecule has 0 aliphatic rings. The van der Waals surface area contributed by atoms with Crippen LogP contribution in [0.2, 0.25) is 0 Å². The lowest BCUT2D eigenvalue weighted by Crippen LogP contribution is -2.26. The number of hydrogen-bond acceptors (Lipinski definition) is 4. The molecule has 0 saturated carbocycles. The first-order valence-corrected chi connectivity index (χ1v) is 5.80. The van der Waals surface area contributed by atoms with E-state index < -0.39 is 17.5 Å². The van der Waals surface area contributed by atoms with Crippen molar-refractivity contribution in [1.29, 1.82) is 0 Å². The van der Waals surface area contributed by atoms with Gasteiger partial charge in [0, 0.05) is 4.90 Å². The quantitative estimate of drug-likeness (QED) is 0.679. The van der Waals surface area contributed by atoms with E-state index in [9.17, 15) is 18.0 Å². The van der Waals surface area contributed by atoms with Crippen LogP contribution in [0.5, 0.6) is 0 Å². The molecule has 100 valence electrons. The summed E-state index contributed by atoms with van der Waals surface area (Å²) in [5.74, 6) is -0.492. The van der Waals surface area contributed by atoms with Crippen LogP contribution in [0.25, 0.3) is 0 Å². The van der Waals surface area contributed by atoms with Gasteiger partial charge in [0.25, 0.3) is 0 Å². The lowest BCUT2D eigenvalue weighted by Gasteiger charge is -2.14. The van der Waals surface area contributed by atoms with Gasteiger partial charge in [0.1, 0.15) is 6.04 Å². The molecule has 18 heavy (non-hydrogen) atoms. The first-order valence-electron chi connectivity index (χ1n) is 4.98. The number of hydrogen-bond donors (Lipinski definition) is 1. The molecule has 7 heteroatoms. The minimum absolute atomic E-state index is 0.0750. The molecule has 1 atom stereocenters. The van der Waals surface area contributed by atoms with Crippen LogP contribution in [-0.4, -0.2) is 25.6 Å². The van der Waals surface area contributed by atoms with Crippen molar-refractivity contribution >= 4 is 17.7 Å². The second-order valence-electron chi connectivity index (χ2n) is 3.36. The summed E-state index contributed by atoms with van der Waals surface area (Å²) in [6.45, 7) is 0. The molecule has 1 N–H and O–H groups in total. The predicted molar refractivity (Wildman–Crippen MR) is 62.2 cm³/mol. The Bertz CT molecular complexity index is 406. The van der Waals surface area contributed by atoms with Gasteiger partial charge >= 0.3 is 11.5 Å². The number of methoxy groups -OCH3 is 1. The van der Waals surface area contributed by atoms with E-state index in [1.165, 1.54) is 31.4 Å². The third-order valence-corrected chi connectivity index (χ3v) is 2.91. The molecule has 0 bridgehead atoms. The predicted octanol–water partition coefficient (Wildman–Crippen LogP) is 2.73. The molecule has 1 rings (SSSR count). The van der Waals surface area contributed by atoms with E-state index in [1.54, 1.807) is 7.05 Å². The van der Waals surface area contributed by atoms with E-state index in [0.717, 1.165) is 0 Å². The largest absolute Gasteiger partial charge is 0.468 e. The number of ether oxygens (including phenoxy) is 1. The normalized spacial score (nSPS) is 13.2. The average Bonchev–Trinajstić information content (AvgIpc) is 2.30. The molecular formula is C11H12F3NO2S. The molecule has 1 unspecified atom stereocenters. The Hall–Kier alpha value is -1.21. The topological polar surface area (TPSA) is 38.3 Å². The number of likely N-dealkylation sites (N-methyl/N-ethyl adjacent to an activating group) is 1. The minimum atomic E-state index is -4.31. The molecule has 0 heterocycles. The molecule has 0 fully saturated rings. The Morgan fingerprint density at radius 3 is 2.28 bits per heavy atom. The van der Waals surface area contributed by atoms with Crippen LogP contribution >= 0.6 is 11.8 Å². The zero-order valence-corrected chi connectivity index (χ0v) is 10.6. The number of carbonyl (C=O) groups excluding carboxylic acids is 1.